The van der Waals surface area contributed by atoms with E-state index in [-0.39, 0.29) is 10.8 Å². The number of amides is 1. The monoisotopic (exact) mass is 393 g/mol. The van der Waals surface area contributed by atoms with Gasteiger partial charge in [0.15, 0.2) is 21.9 Å². The van der Waals surface area contributed by atoms with E-state index in [1.54, 1.807) is 23.7 Å². The highest BCUT2D eigenvalue weighted by atomic mass is 35.5. The number of nitrogens with one attached hydrogen (secondary N) is 1. The SMILES string of the molecule is COc1ccc(C)cc1NC(=O)[C@H](C)OC(=O)c1c(Cl)nc2sccn12. The molecule has 2 aromatic heterocycles. The Morgan fingerprint density at radius 3 is 2.88 bits per heavy atom. The number of benzene rings is 1. The van der Waals surface area contributed by atoms with Gasteiger partial charge in [-0.05, 0) is 31.5 Å². The summed E-state index contributed by atoms with van der Waals surface area (Å²) in [6, 6.07) is 5.39. The lowest BCUT2D eigenvalue weighted by Crippen LogP contribution is -2.30. The number of nitrogens with zero attached hydrogens (tertiary/aromatic N) is 2. The second kappa shape index (κ2) is 7.35. The Labute approximate surface area is 158 Å². The van der Waals surface area contributed by atoms with Crippen LogP contribution in [0.1, 0.15) is 23.0 Å². The minimum absolute atomic E-state index is 0.0369. The Bertz CT molecular complexity index is 982. The van der Waals surface area contributed by atoms with E-state index in [0.717, 1.165) is 5.56 Å². The van der Waals surface area contributed by atoms with E-state index in [9.17, 15) is 9.59 Å². The summed E-state index contributed by atoms with van der Waals surface area (Å²) in [5, 5.41) is 4.52. The van der Waals surface area contributed by atoms with Gasteiger partial charge in [0.25, 0.3) is 5.91 Å². The number of carbonyl (C=O) groups excluding carboxylic acids is 2. The minimum atomic E-state index is -1.03. The number of ether oxygens (including phenoxy) is 2. The summed E-state index contributed by atoms with van der Waals surface area (Å²) in [5.74, 6) is -0.689. The van der Waals surface area contributed by atoms with E-state index in [0.29, 0.717) is 16.4 Å². The molecule has 136 valence electrons. The fourth-order valence-electron chi connectivity index (χ4n) is 2.37. The lowest BCUT2D eigenvalue weighted by atomic mass is 10.2. The highest BCUT2D eigenvalue weighted by Gasteiger charge is 2.25. The Hall–Kier alpha value is -2.58. The lowest BCUT2D eigenvalue weighted by Gasteiger charge is -2.15. The summed E-state index contributed by atoms with van der Waals surface area (Å²) in [4.78, 5) is 29.5. The minimum Gasteiger partial charge on any atom is -0.495 e. The molecule has 0 saturated carbocycles. The van der Waals surface area contributed by atoms with Crippen molar-refractivity contribution >= 4 is 45.5 Å². The van der Waals surface area contributed by atoms with Crippen LogP contribution in [0.5, 0.6) is 5.75 Å². The van der Waals surface area contributed by atoms with Crippen molar-refractivity contribution < 1.29 is 19.1 Å². The maximum absolute atomic E-state index is 12.4. The largest absolute Gasteiger partial charge is 0.495 e. The number of fused-ring (bicyclic) bond motifs is 1. The molecule has 0 fully saturated rings. The van der Waals surface area contributed by atoms with E-state index in [4.69, 9.17) is 21.1 Å². The normalized spacial score (nSPS) is 12.0. The van der Waals surface area contributed by atoms with Gasteiger partial charge < -0.3 is 14.8 Å². The summed E-state index contributed by atoms with van der Waals surface area (Å²) in [5.41, 5.74) is 1.55. The van der Waals surface area contributed by atoms with Gasteiger partial charge in [-0.3, -0.25) is 9.20 Å². The summed E-state index contributed by atoms with van der Waals surface area (Å²) in [6.45, 7) is 3.38. The maximum atomic E-state index is 12.4. The number of esters is 1. The standard InChI is InChI=1S/C17H16ClN3O4S/c1-9-4-5-12(24-3)11(8-9)19-15(22)10(2)25-16(23)13-14(18)20-17-21(13)6-7-26-17/h4-8,10H,1-3H3,(H,19,22)/t10-/m0/s1. The van der Waals surface area contributed by atoms with Gasteiger partial charge in [0, 0.05) is 11.6 Å². The van der Waals surface area contributed by atoms with Crippen molar-refractivity contribution in [1.29, 1.82) is 0 Å². The number of rotatable bonds is 5. The van der Waals surface area contributed by atoms with Crippen molar-refractivity contribution in [3.8, 4) is 5.75 Å². The van der Waals surface area contributed by atoms with Crippen LogP contribution in [0, 0.1) is 6.92 Å². The number of imidazole rings is 1. The van der Waals surface area contributed by atoms with Crippen molar-refractivity contribution in [2.45, 2.75) is 20.0 Å². The smallest absolute Gasteiger partial charge is 0.359 e. The zero-order chi connectivity index (χ0) is 18.8. The van der Waals surface area contributed by atoms with Gasteiger partial charge in [-0.25, -0.2) is 9.78 Å². The molecule has 0 aliphatic heterocycles. The quantitative estimate of drug-likeness (QED) is 0.670. The fourth-order valence-corrected chi connectivity index (χ4v) is 3.38. The Balaban J connectivity index is 1.73. The van der Waals surface area contributed by atoms with Crippen LogP contribution in [0.4, 0.5) is 5.69 Å². The lowest BCUT2D eigenvalue weighted by molar-refractivity contribution is -0.123. The first-order valence-corrected chi connectivity index (χ1v) is 8.94. The van der Waals surface area contributed by atoms with Crippen LogP contribution in [0.3, 0.4) is 0 Å². The number of aryl methyl sites for hydroxylation is 1. The van der Waals surface area contributed by atoms with E-state index < -0.39 is 18.0 Å². The third-order valence-electron chi connectivity index (χ3n) is 3.68. The third-order valence-corrected chi connectivity index (χ3v) is 4.70. The molecule has 0 aliphatic rings. The van der Waals surface area contributed by atoms with Gasteiger partial charge >= 0.3 is 5.97 Å². The molecule has 3 rings (SSSR count). The van der Waals surface area contributed by atoms with E-state index >= 15 is 0 Å². The highest BCUT2D eigenvalue weighted by molar-refractivity contribution is 7.15. The van der Waals surface area contributed by atoms with Crippen LogP contribution < -0.4 is 10.1 Å². The van der Waals surface area contributed by atoms with Crippen LogP contribution in [0.15, 0.2) is 29.8 Å². The van der Waals surface area contributed by atoms with Crippen LogP contribution in [-0.2, 0) is 9.53 Å². The van der Waals surface area contributed by atoms with Gasteiger partial charge in [-0.1, -0.05) is 17.7 Å². The van der Waals surface area contributed by atoms with Gasteiger partial charge in [-0.2, -0.15) is 0 Å². The van der Waals surface area contributed by atoms with Crippen molar-refractivity contribution in [2.75, 3.05) is 12.4 Å². The van der Waals surface area contributed by atoms with Crippen LogP contribution in [0.2, 0.25) is 5.15 Å². The first-order valence-electron chi connectivity index (χ1n) is 7.68. The van der Waals surface area contributed by atoms with Crippen molar-refractivity contribution in [1.82, 2.24) is 9.38 Å². The molecule has 0 spiro atoms. The number of carbonyl (C=O) groups is 2. The fraction of sp³-hybridized carbons (Fsp3) is 0.235. The number of aromatic nitrogens is 2. The molecule has 0 bridgehead atoms. The Kier molecular flexibility index (Phi) is 5.15. The summed E-state index contributed by atoms with van der Waals surface area (Å²) >= 11 is 7.35. The molecule has 1 N–H and O–H groups in total. The first kappa shape index (κ1) is 18.2. The predicted octanol–water partition coefficient (Wildman–Crippen LogP) is 3.55. The van der Waals surface area contributed by atoms with Crippen LogP contribution in [-0.4, -0.2) is 34.5 Å². The van der Waals surface area contributed by atoms with Gasteiger partial charge in [0.05, 0.1) is 12.8 Å². The molecular weight excluding hydrogens is 378 g/mol. The second-order valence-corrected chi connectivity index (χ2v) is 6.78. The predicted molar refractivity (Wildman–Crippen MR) is 99.3 cm³/mol. The molecule has 9 heteroatoms. The van der Waals surface area contributed by atoms with E-state index in [1.165, 1.54) is 29.8 Å². The average Bonchev–Trinajstić information content (AvgIpc) is 3.14. The maximum Gasteiger partial charge on any atom is 0.359 e. The average molecular weight is 394 g/mol. The highest BCUT2D eigenvalue weighted by Crippen LogP contribution is 2.26. The Morgan fingerprint density at radius 1 is 1.38 bits per heavy atom. The van der Waals surface area contributed by atoms with Gasteiger partial charge in [0.1, 0.15) is 5.75 Å². The molecule has 0 saturated heterocycles. The number of thiazole rings is 1. The molecule has 0 aliphatic carbocycles. The number of anilines is 1. The van der Waals surface area contributed by atoms with Crippen molar-refractivity contribution in [3.63, 3.8) is 0 Å². The van der Waals surface area contributed by atoms with Crippen molar-refractivity contribution in [2.24, 2.45) is 0 Å². The van der Waals surface area contributed by atoms with Gasteiger partial charge in [0.2, 0.25) is 0 Å². The molecule has 1 aromatic carbocycles. The number of methoxy groups -OCH3 is 1. The molecule has 1 amide bonds. The van der Waals surface area contributed by atoms with Crippen molar-refractivity contribution in [3.05, 3.63) is 46.2 Å². The summed E-state index contributed by atoms with van der Waals surface area (Å²) in [7, 11) is 1.51. The molecule has 0 unspecified atom stereocenters. The number of hydrogen-bond acceptors (Lipinski definition) is 6. The molecule has 1 atom stereocenters. The number of hydrogen-bond donors (Lipinski definition) is 1. The van der Waals surface area contributed by atoms with Crippen LogP contribution in [0.25, 0.3) is 4.96 Å². The van der Waals surface area contributed by atoms with E-state index in [1.807, 2.05) is 13.0 Å². The molecular formula is C17H16ClN3O4S. The molecule has 3 aromatic rings. The molecule has 7 nitrogen and oxygen atoms in total. The summed E-state index contributed by atoms with van der Waals surface area (Å²) < 4.78 is 12.0. The zero-order valence-corrected chi connectivity index (χ0v) is 15.9. The number of halogens is 1. The topological polar surface area (TPSA) is 81.9 Å². The molecule has 26 heavy (non-hydrogen) atoms. The van der Waals surface area contributed by atoms with E-state index in [2.05, 4.69) is 10.3 Å². The second-order valence-electron chi connectivity index (χ2n) is 5.55. The molecule has 0 radical (unpaired) electrons. The van der Waals surface area contributed by atoms with Gasteiger partial charge in [-0.15, -0.1) is 11.3 Å². The summed E-state index contributed by atoms with van der Waals surface area (Å²) in [6.07, 6.45) is 0.630. The zero-order valence-electron chi connectivity index (χ0n) is 14.3. The molecule has 2 heterocycles. The van der Waals surface area contributed by atoms with Crippen LogP contribution >= 0.6 is 22.9 Å². The first-order chi connectivity index (χ1) is 12.4. The third kappa shape index (κ3) is 3.51. The Morgan fingerprint density at radius 2 is 2.15 bits per heavy atom.